The Labute approximate surface area is 104 Å². The zero-order valence-corrected chi connectivity index (χ0v) is 11.3. The average molecular weight is 243 g/mol. The number of esters is 1. The van der Waals surface area contributed by atoms with E-state index in [0.29, 0.717) is 37.8 Å². The summed E-state index contributed by atoms with van der Waals surface area (Å²) in [6.45, 7) is 9.20. The van der Waals surface area contributed by atoms with Crippen LogP contribution in [-0.2, 0) is 9.53 Å². The second kappa shape index (κ2) is 8.84. The molecule has 0 bridgehead atoms. The average Bonchev–Trinajstić information content (AvgIpc) is 2.20. The van der Waals surface area contributed by atoms with Crippen molar-refractivity contribution in [2.24, 2.45) is 16.6 Å². The van der Waals surface area contributed by atoms with Crippen LogP contribution in [0.2, 0.25) is 0 Å². The Morgan fingerprint density at radius 2 is 2.00 bits per heavy atom. The van der Waals surface area contributed by atoms with Gasteiger partial charge in [0.05, 0.1) is 6.10 Å². The van der Waals surface area contributed by atoms with Gasteiger partial charge in [-0.15, -0.1) is 0 Å². The highest BCUT2D eigenvalue weighted by molar-refractivity contribution is 5.77. The number of carbonyl (C=O) groups is 1. The zero-order valence-electron chi connectivity index (χ0n) is 11.3. The molecule has 0 aromatic heterocycles. The van der Waals surface area contributed by atoms with Gasteiger partial charge in [0.15, 0.2) is 5.96 Å². The van der Waals surface area contributed by atoms with Crippen molar-refractivity contribution in [1.82, 2.24) is 5.32 Å². The van der Waals surface area contributed by atoms with Crippen LogP contribution >= 0.6 is 0 Å². The van der Waals surface area contributed by atoms with Crippen molar-refractivity contribution in [3.63, 3.8) is 0 Å². The summed E-state index contributed by atoms with van der Waals surface area (Å²) in [5, 5.41) is 2.97. The van der Waals surface area contributed by atoms with Crippen LogP contribution in [0.25, 0.3) is 0 Å². The number of aliphatic imine (C=N–C) groups is 1. The SMILES string of the molecule is CC(C)CN=C(N)NCCCC(=O)OC(C)C. The maximum Gasteiger partial charge on any atom is 0.306 e. The van der Waals surface area contributed by atoms with E-state index < -0.39 is 0 Å². The van der Waals surface area contributed by atoms with Crippen LogP contribution in [0.1, 0.15) is 40.5 Å². The Hall–Kier alpha value is -1.26. The normalized spacial score (nSPS) is 12.0. The fraction of sp³-hybridized carbons (Fsp3) is 0.833. The van der Waals surface area contributed by atoms with Gasteiger partial charge >= 0.3 is 5.97 Å². The summed E-state index contributed by atoms with van der Waals surface area (Å²) in [4.78, 5) is 15.4. The summed E-state index contributed by atoms with van der Waals surface area (Å²) in [6, 6.07) is 0. The first kappa shape index (κ1) is 15.7. The summed E-state index contributed by atoms with van der Waals surface area (Å²) < 4.78 is 5.01. The molecule has 0 heterocycles. The minimum atomic E-state index is -0.167. The summed E-state index contributed by atoms with van der Waals surface area (Å²) in [5.74, 6) is 0.770. The first-order valence-corrected chi connectivity index (χ1v) is 6.15. The Morgan fingerprint density at radius 3 is 2.53 bits per heavy atom. The number of hydrogen-bond donors (Lipinski definition) is 2. The van der Waals surface area contributed by atoms with Crippen molar-refractivity contribution in [3.8, 4) is 0 Å². The third-order valence-corrected chi connectivity index (χ3v) is 1.86. The van der Waals surface area contributed by atoms with Crippen molar-refractivity contribution >= 4 is 11.9 Å². The molecule has 0 amide bonds. The van der Waals surface area contributed by atoms with E-state index >= 15 is 0 Å². The summed E-state index contributed by atoms with van der Waals surface area (Å²) in [6.07, 6.45) is 1.06. The lowest BCUT2D eigenvalue weighted by Gasteiger charge is -2.08. The molecule has 0 aliphatic carbocycles. The molecule has 0 fully saturated rings. The van der Waals surface area contributed by atoms with E-state index in [1.807, 2.05) is 13.8 Å². The molecule has 0 spiro atoms. The van der Waals surface area contributed by atoms with Crippen molar-refractivity contribution in [1.29, 1.82) is 0 Å². The fourth-order valence-electron chi connectivity index (χ4n) is 1.11. The molecule has 17 heavy (non-hydrogen) atoms. The number of guanidine groups is 1. The maximum atomic E-state index is 11.2. The fourth-order valence-corrected chi connectivity index (χ4v) is 1.11. The van der Waals surface area contributed by atoms with Gasteiger partial charge in [-0.3, -0.25) is 9.79 Å². The quantitative estimate of drug-likeness (QED) is 0.305. The number of nitrogens with two attached hydrogens (primary N) is 1. The number of ether oxygens (including phenoxy) is 1. The van der Waals surface area contributed by atoms with Gasteiger partial charge in [0.1, 0.15) is 0 Å². The van der Waals surface area contributed by atoms with E-state index in [2.05, 4.69) is 24.2 Å². The molecule has 0 unspecified atom stereocenters. The molecule has 3 N–H and O–H groups in total. The van der Waals surface area contributed by atoms with E-state index in [9.17, 15) is 4.79 Å². The molecule has 5 heteroatoms. The van der Waals surface area contributed by atoms with Crippen molar-refractivity contribution in [3.05, 3.63) is 0 Å². The largest absolute Gasteiger partial charge is 0.463 e. The van der Waals surface area contributed by atoms with Crippen LogP contribution in [0.4, 0.5) is 0 Å². The van der Waals surface area contributed by atoms with Crippen molar-refractivity contribution in [2.75, 3.05) is 13.1 Å². The molecule has 5 nitrogen and oxygen atoms in total. The Bertz CT molecular complexity index is 250. The van der Waals surface area contributed by atoms with Gasteiger partial charge in [-0.05, 0) is 26.2 Å². The number of rotatable bonds is 7. The maximum absolute atomic E-state index is 11.2. The summed E-state index contributed by atoms with van der Waals surface area (Å²) in [7, 11) is 0. The Kier molecular flexibility index (Phi) is 8.19. The number of hydrogen-bond acceptors (Lipinski definition) is 3. The molecule has 0 radical (unpaired) electrons. The van der Waals surface area contributed by atoms with Crippen LogP contribution < -0.4 is 11.1 Å². The van der Waals surface area contributed by atoms with Crippen LogP contribution in [-0.4, -0.2) is 31.1 Å². The van der Waals surface area contributed by atoms with Gasteiger partial charge in [-0.1, -0.05) is 13.8 Å². The number of nitrogens with zero attached hydrogens (tertiary/aromatic N) is 1. The van der Waals surface area contributed by atoms with Crippen molar-refractivity contribution < 1.29 is 9.53 Å². The molecular formula is C12H25N3O2. The number of carbonyl (C=O) groups excluding carboxylic acids is 1. The molecule has 0 rings (SSSR count). The predicted octanol–water partition coefficient (Wildman–Crippen LogP) is 1.28. The summed E-state index contributed by atoms with van der Waals surface area (Å²) in [5.41, 5.74) is 5.64. The zero-order chi connectivity index (χ0) is 13.3. The minimum Gasteiger partial charge on any atom is -0.463 e. The van der Waals surface area contributed by atoms with Gasteiger partial charge < -0.3 is 15.8 Å². The van der Waals surface area contributed by atoms with E-state index in [4.69, 9.17) is 10.5 Å². The Balaban J connectivity index is 3.57. The molecule has 0 aliphatic heterocycles. The third kappa shape index (κ3) is 11.0. The topological polar surface area (TPSA) is 76.7 Å². The number of nitrogens with one attached hydrogen (secondary N) is 1. The highest BCUT2D eigenvalue weighted by Gasteiger charge is 2.04. The smallest absolute Gasteiger partial charge is 0.306 e. The first-order chi connectivity index (χ1) is 7.91. The first-order valence-electron chi connectivity index (χ1n) is 6.15. The molecule has 0 aromatic carbocycles. The lowest BCUT2D eigenvalue weighted by atomic mass is 10.2. The lowest BCUT2D eigenvalue weighted by molar-refractivity contribution is -0.147. The van der Waals surface area contributed by atoms with Crippen LogP contribution in [0.5, 0.6) is 0 Å². The molecule has 100 valence electrons. The molecular weight excluding hydrogens is 218 g/mol. The standard InChI is InChI=1S/C12H25N3O2/c1-9(2)8-15-12(13)14-7-5-6-11(16)17-10(3)4/h9-10H,5-8H2,1-4H3,(H3,13,14,15). The van der Waals surface area contributed by atoms with E-state index in [0.717, 1.165) is 0 Å². The monoisotopic (exact) mass is 243 g/mol. The third-order valence-electron chi connectivity index (χ3n) is 1.86. The van der Waals surface area contributed by atoms with E-state index in [1.54, 1.807) is 0 Å². The van der Waals surface area contributed by atoms with Crippen molar-refractivity contribution in [2.45, 2.75) is 46.6 Å². The van der Waals surface area contributed by atoms with Crippen LogP contribution in [0.3, 0.4) is 0 Å². The second-order valence-electron chi connectivity index (χ2n) is 4.69. The molecule has 0 atom stereocenters. The molecule has 0 saturated carbocycles. The van der Waals surface area contributed by atoms with Crippen LogP contribution in [0.15, 0.2) is 4.99 Å². The Morgan fingerprint density at radius 1 is 1.35 bits per heavy atom. The second-order valence-corrected chi connectivity index (χ2v) is 4.69. The highest BCUT2D eigenvalue weighted by atomic mass is 16.5. The van der Waals surface area contributed by atoms with Gasteiger partial charge in [-0.25, -0.2) is 0 Å². The van der Waals surface area contributed by atoms with Gasteiger partial charge in [0.25, 0.3) is 0 Å². The van der Waals surface area contributed by atoms with Crippen LogP contribution in [0, 0.1) is 5.92 Å². The highest BCUT2D eigenvalue weighted by Crippen LogP contribution is 1.96. The van der Waals surface area contributed by atoms with Gasteiger partial charge in [0.2, 0.25) is 0 Å². The lowest BCUT2D eigenvalue weighted by Crippen LogP contribution is -2.33. The predicted molar refractivity (Wildman–Crippen MR) is 69.8 cm³/mol. The van der Waals surface area contributed by atoms with E-state index in [-0.39, 0.29) is 12.1 Å². The van der Waals surface area contributed by atoms with Gasteiger partial charge in [0, 0.05) is 19.5 Å². The molecule has 0 aliphatic rings. The summed E-state index contributed by atoms with van der Waals surface area (Å²) >= 11 is 0. The molecule has 0 aromatic rings. The van der Waals surface area contributed by atoms with Gasteiger partial charge in [-0.2, -0.15) is 0 Å². The molecule has 0 saturated heterocycles. The van der Waals surface area contributed by atoms with E-state index in [1.165, 1.54) is 0 Å². The minimum absolute atomic E-state index is 0.0480.